The van der Waals surface area contributed by atoms with Crippen LogP contribution in [-0.4, -0.2) is 11.6 Å². The number of amides is 1. The number of anilines is 1. The lowest BCUT2D eigenvalue weighted by Gasteiger charge is -2.11. The average molecular weight is 341 g/mol. The van der Waals surface area contributed by atoms with E-state index in [4.69, 9.17) is 0 Å². The van der Waals surface area contributed by atoms with Crippen LogP contribution in [0.15, 0.2) is 69.7 Å². The first-order valence-corrected chi connectivity index (χ1v) is 7.37. The van der Waals surface area contributed by atoms with Gasteiger partial charge in [0.25, 0.3) is 5.91 Å². The summed E-state index contributed by atoms with van der Waals surface area (Å²) in [5.74, 6) is -0.102. The molecule has 1 heterocycles. The lowest BCUT2D eigenvalue weighted by molar-refractivity contribution is -0.114. The zero-order valence-electron chi connectivity index (χ0n) is 11.5. The van der Waals surface area contributed by atoms with Crippen LogP contribution in [-0.2, 0) is 4.79 Å². The summed E-state index contributed by atoms with van der Waals surface area (Å²) in [5, 5.41) is 5.81. The Kier molecular flexibility index (Phi) is 3.71. The molecule has 0 N–H and O–H groups in total. The summed E-state index contributed by atoms with van der Waals surface area (Å²) in [5.41, 5.74) is 3.08. The lowest BCUT2D eigenvalue weighted by Crippen LogP contribution is -2.21. The normalized spacial score (nSPS) is 16.5. The van der Waals surface area contributed by atoms with Gasteiger partial charge in [0.1, 0.15) is 0 Å². The molecule has 104 valence electrons. The number of para-hydroxylation sites is 1. The predicted octanol–water partition coefficient (Wildman–Crippen LogP) is 4.26. The second-order valence-corrected chi connectivity index (χ2v) is 5.57. The van der Waals surface area contributed by atoms with E-state index in [9.17, 15) is 4.79 Å². The summed E-state index contributed by atoms with van der Waals surface area (Å²) in [6, 6.07) is 17.2. The van der Waals surface area contributed by atoms with Gasteiger partial charge in [-0.05, 0) is 36.8 Å². The molecule has 3 rings (SSSR count). The van der Waals surface area contributed by atoms with Crippen molar-refractivity contribution < 1.29 is 4.79 Å². The molecule has 0 bridgehead atoms. The van der Waals surface area contributed by atoms with Crippen molar-refractivity contribution >= 4 is 39.3 Å². The van der Waals surface area contributed by atoms with Crippen LogP contribution in [0.1, 0.15) is 12.5 Å². The Labute approximate surface area is 131 Å². The van der Waals surface area contributed by atoms with Gasteiger partial charge in [-0.25, -0.2) is 0 Å². The summed E-state index contributed by atoms with van der Waals surface area (Å²) < 4.78 is 0.955. The Bertz CT molecular complexity index is 750. The van der Waals surface area contributed by atoms with E-state index >= 15 is 0 Å². The van der Waals surface area contributed by atoms with E-state index in [0.29, 0.717) is 5.57 Å². The van der Waals surface area contributed by atoms with Crippen LogP contribution in [0.4, 0.5) is 5.69 Å². The van der Waals surface area contributed by atoms with Gasteiger partial charge >= 0.3 is 0 Å². The van der Waals surface area contributed by atoms with E-state index in [1.807, 2.05) is 67.6 Å². The van der Waals surface area contributed by atoms with E-state index in [0.717, 1.165) is 21.4 Å². The van der Waals surface area contributed by atoms with Gasteiger partial charge in [-0.15, -0.1) is 0 Å². The van der Waals surface area contributed by atoms with Gasteiger partial charge in [0.05, 0.1) is 17.0 Å². The fraction of sp³-hybridized carbons (Fsp3) is 0.0588. The molecular formula is C17H13BrN2O. The Morgan fingerprint density at radius 1 is 1.05 bits per heavy atom. The van der Waals surface area contributed by atoms with Gasteiger partial charge < -0.3 is 0 Å². The largest absolute Gasteiger partial charge is 0.280 e. The number of carbonyl (C=O) groups is 1. The van der Waals surface area contributed by atoms with Gasteiger partial charge in [-0.2, -0.15) is 10.1 Å². The van der Waals surface area contributed by atoms with Crippen molar-refractivity contribution in [2.75, 3.05) is 5.01 Å². The van der Waals surface area contributed by atoms with Crippen LogP contribution < -0.4 is 5.01 Å². The second-order valence-electron chi connectivity index (χ2n) is 4.72. The fourth-order valence-electron chi connectivity index (χ4n) is 2.18. The topological polar surface area (TPSA) is 32.7 Å². The number of hydrogen-bond acceptors (Lipinski definition) is 2. The molecule has 0 unspecified atom stereocenters. The minimum Gasteiger partial charge on any atom is -0.267 e. The summed E-state index contributed by atoms with van der Waals surface area (Å²) in [6.45, 7) is 1.85. The molecule has 0 saturated heterocycles. The molecule has 1 aliphatic heterocycles. The number of hydrogen-bond donors (Lipinski definition) is 0. The molecule has 0 atom stereocenters. The standard InChI is InChI=1S/C17H13BrN2O/c1-12-15(11-13-7-5-6-10-16(13)18)17(21)20(19-12)14-8-3-2-4-9-14/h2-11H,1H3. The first kappa shape index (κ1) is 13.8. The van der Waals surface area contributed by atoms with E-state index in [1.165, 1.54) is 5.01 Å². The fourth-order valence-corrected chi connectivity index (χ4v) is 2.58. The molecule has 2 aromatic rings. The van der Waals surface area contributed by atoms with Crippen molar-refractivity contribution in [2.45, 2.75) is 6.92 Å². The van der Waals surface area contributed by atoms with Crippen molar-refractivity contribution in [3.8, 4) is 0 Å². The number of halogens is 1. The summed E-state index contributed by atoms with van der Waals surface area (Å²) in [4.78, 5) is 12.6. The molecule has 0 spiro atoms. The highest BCUT2D eigenvalue weighted by Gasteiger charge is 2.28. The predicted molar refractivity (Wildman–Crippen MR) is 89.2 cm³/mol. The van der Waals surface area contributed by atoms with E-state index in [2.05, 4.69) is 21.0 Å². The third-order valence-electron chi connectivity index (χ3n) is 3.27. The monoisotopic (exact) mass is 340 g/mol. The van der Waals surface area contributed by atoms with Crippen molar-refractivity contribution in [3.05, 3.63) is 70.2 Å². The van der Waals surface area contributed by atoms with Crippen LogP contribution in [0.2, 0.25) is 0 Å². The zero-order chi connectivity index (χ0) is 14.8. The summed E-state index contributed by atoms with van der Waals surface area (Å²) >= 11 is 3.49. The average Bonchev–Trinajstić information content (AvgIpc) is 2.78. The van der Waals surface area contributed by atoms with E-state index in [1.54, 1.807) is 0 Å². The minimum absolute atomic E-state index is 0.102. The second kappa shape index (κ2) is 5.66. The zero-order valence-corrected chi connectivity index (χ0v) is 13.0. The maximum atomic E-state index is 12.6. The molecule has 21 heavy (non-hydrogen) atoms. The Morgan fingerprint density at radius 2 is 1.71 bits per heavy atom. The molecular weight excluding hydrogens is 328 g/mol. The molecule has 0 radical (unpaired) electrons. The maximum Gasteiger partial charge on any atom is 0.280 e. The minimum atomic E-state index is -0.102. The number of nitrogens with zero attached hydrogens (tertiary/aromatic N) is 2. The quantitative estimate of drug-likeness (QED) is 0.752. The Balaban J connectivity index is 1.98. The van der Waals surface area contributed by atoms with Crippen molar-refractivity contribution in [1.82, 2.24) is 0 Å². The summed E-state index contributed by atoms with van der Waals surface area (Å²) in [7, 11) is 0. The van der Waals surface area contributed by atoms with Crippen LogP contribution in [0, 0.1) is 0 Å². The van der Waals surface area contributed by atoms with Crippen LogP contribution in [0.5, 0.6) is 0 Å². The van der Waals surface area contributed by atoms with Crippen LogP contribution in [0.25, 0.3) is 6.08 Å². The smallest absolute Gasteiger partial charge is 0.267 e. The van der Waals surface area contributed by atoms with Gasteiger partial charge in [0.2, 0.25) is 0 Å². The molecule has 3 nitrogen and oxygen atoms in total. The van der Waals surface area contributed by atoms with Crippen molar-refractivity contribution in [3.63, 3.8) is 0 Å². The van der Waals surface area contributed by atoms with Crippen LogP contribution >= 0.6 is 15.9 Å². The van der Waals surface area contributed by atoms with Crippen molar-refractivity contribution in [2.24, 2.45) is 5.10 Å². The molecule has 2 aromatic carbocycles. The Morgan fingerprint density at radius 3 is 2.43 bits per heavy atom. The number of hydrazone groups is 1. The first-order chi connectivity index (χ1) is 10.2. The van der Waals surface area contributed by atoms with Crippen molar-refractivity contribution in [1.29, 1.82) is 0 Å². The van der Waals surface area contributed by atoms with Gasteiger partial charge in [-0.1, -0.05) is 52.3 Å². The molecule has 0 fully saturated rings. The number of rotatable bonds is 2. The maximum absolute atomic E-state index is 12.6. The highest BCUT2D eigenvalue weighted by Crippen LogP contribution is 2.26. The van der Waals surface area contributed by atoms with Crippen LogP contribution in [0.3, 0.4) is 0 Å². The molecule has 4 heteroatoms. The summed E-state index contributed by atoms with van der Waals surface area (Å²) in [6.07, 6.45) is 1.87. The SMILES string of the molecule is CC1=NN(c2ccccc2)C(=O)C1=Cc1ccccc1Br. The molecule has 0 saturated carbocycles. The van der Waals surface area contributed by atoms with Gasteiger partial charge in [0, 0.05) is 4.47 Å². The van der Waals surface area contributed by atoms with E-state index in [-0.39, 0.29) is 5.91 Å². The third kappa shape index (κ3) is 2.67. The lowest BCUT2D eigenvalue weighted by atomic mass is 10.1. The highest BCUT2D eigenvalue weighted by atomic mass is 79.9. The molecule has 0 aliphatic carbocycles. The third-order valence-corrected chi connectivity index (χ3v) is 3.99. The van der Waals surface area contributed by atoms with E-state index < -0.39 is 0 Å². The molecule has 1 aliphatic rings. The number of benzene rings is 2. The molecule has 0 aromatic heterocycles. The number of carbonyl (C=O) groups excluding carboxylic acids is 1. The highest BCUT2D eigenvalue weighted by molar-refractivity contribution is 9.10. The van der Waals surface area contributed by atoms with Gasteiger partial charge in [-0.3, -0.25) is 4.79 Å². The van der Waals surface area contributed by atoms with Gasteiger partial charge in [0.15, 0.2) is 0 Å². The Hall–Kier alpha value is -2.20. The first-order valence-electron chi connectivity index (χ1n) is 6.58. The molecule has 1 amide bonds.